The molecule has 0 unspecified atom stereocenters. The largest absolute Gasteiger partial charge is 0.374 e. The van der Waals surface area contributed by atoms with E-state index in [1.165, 1.54) is 4.68 Å². The van der Waals surface area contributed by atoms with Crippen molar-refractivity contribution in [3.05, 3.63) is 47.3 Å². The van der Waals surface area contributed by atoms with Gasteiger partial charge in [0.2, 0.25) is 0 Å². The molecule has 0 radical (unpaired) electrons. The third-order valence-corrected chi connectivity index (χ3v) is 2.33. The molecule has 1 aromatic heterocycles. The lowest BCUT2D eigenvalue weighted by molar-refractivity contribution is 0.458. The van der Waals surface area contributed by atoms with Gasteiger partial charge in [-0.25, -0.2) is 17.6 Å². The lowest BCUT2D eigenvalue weighted by atomic mass is 10.2. The van der Waals surface area contributed by atoms with Crippen LogP contribution in [-0.2, 0) is 13.6 Å². The number of benzene rings is 1. The number of aryl methyl sites for hydroxylation is 1. The van der Waals surface area contributed by atoms with Crippen molar-refractivity contribution < 1.29 is 17.6 Å². The Balaban J connectivity index is 2.24. The van der Waals surface area contributed by atoms with Gasteiger partial charge in [0.25, 0.3) is 0 Å². The predicted molar refractivity (Wildman–Crippen MR) is 56.8 cm³/mol. The second-order valence-electron chi connectivity index (χ2n) is 3.68. The van der Waals surface area contributed by atoms with E-state index in [2.05, 4.69) is 10.4 Å². The first-order valence-electron chi connectivity index (χ1n) is 5.04. The van der Waals surface area contributed by atoms with Gasteiger partial charge in [0, 0.05) is 19.3 Å². The van der Waals surface area contributed by atoms with Crippen LogP contribution in [0.4, 0.5) is 23.2 Å². The van der Waals surface area contributed by atoms with Crippen LogP contribution < -0.4 is 5.32 Å². The summed E-state index contributed by atoms with van der Waals surface area (Å²) in [4.78, 5) is 0. The van der Waals surface area contributed by atoms with Crippen LogP contribution in [0.3, 0.4) is 0 Å². The molecule has 0 saturated carbocycles. The van der Waals surface area contributed by atoms with Crippen LogP contribution >= 0.6 is 0 Å². The van der Waals surface area contributed by atoms with E-state index in [0.717, 1.165) is 0 Å². The summed E-state index contributed by atoms with van der Waals surface area (Å²) >= 11 is 0. The number of aromatic nitrogens is 2. The van der Waals surface area contributed by atoms with E-state index in [9.17, 15) is 17.6 Å². The number of hydrogen-bond acceptors (Lipinski definition) is 2. The average molecular weight is 259 g/mol. The highest BCUT2D eigenvalue weighted by molar-refractivity contribution is 5.47. The molecular weight excluding hydrogens is 250 g/mol. The number of nitrogens with zero attached hydrogens (tertiary/aromatic N) is 2. The fourth-order valence-electron chi connectivity index (χ4n) is 1.46. The van der Waals surface area contributed by atoms with Crippen molar-refractivity contribution >= 4 is 5.69 Å². The summed E-state index contributed by atoms with van der Waals surface area (Å²) in [6.45, 7) is -0.0441. The number of hydrogen-bond donors (Lipinski definition) is 1. The van der Waals surface area contributed by atoms with E-state index in [1.807, 2.05) is 0 Å². The van der Waals surface area contributed by atoms with Crippen LogP contribution in [0.5, 0.6) is 0 Å². The Morgan fingerprint density at radius 2 is 1.78 bits per heavy atom. The summed E-state index contributed by atoms with van der Waals surface area (Å²) in [7, 11) is 1.67. The third-order valence-electron chi connectivity index (χ3n) is 2.33. The standard InChI is InChI=1S/C11H9F4N3/c1-18-3-2-6(17-18)5-16-11-9(14)7(12)4-8(13)10(11)15/h2-4,16H,5H2,1H3. The van der Waals surface area contributed by atoms with Gasteiger partial charge in [-0.1, -0.05) is 0 Å². The molecule has 0 bridgehead atoms. The Morgan fingerprint density at radius 1 is 1.17 bits per heavy atom. The molecule has 96 valence electrons. The minimum atomic E-state index is -1.45. The Hall–Kier alpha value is -2.05. The maximum absolute atomic E-state index is 13.3. The Labute approximate surface area is 100 Å². The molecule has 2 aromatic rings. The summed E-state index contributed by atoms with van der Waals surface area (Å²) in [5, 5.41) is 6.24. The second kappa shape index (κ2) is 4.67. The summed E-state index contributed by atoms with van der Waals surface area (Å²) in [5.74, 6) is -5.80. The SMILES string of the molecule is Cn1ccc(CNc2c(F)c(F)cc(F)c2F)n1. The lowest BCUT2D eigenvalue weighted by Crippen LogP contribution is -2.08. The summed E-state index contributed by atoms with van der Waals surface area (Å²) in [5.41, 5.74) is -0.348. The number of halogens is 4. The second-order valence-corrected chi connectivity index (χ2v) is 3.68. The van der Waals surface area contributed by atoms with Crippen LogP contribution in [0.1, 0.15) is 5.69 Å². The van der Waals surface area contributed by atoms with Gasteiger partial charge < -0.3 is 5.32 Å². The highest BCUT2D eigenvalue weighted by Crippen LogP contribution is 2.24. The molecule has 18 heavy (non-hydrogen) atoms. The van der Waals surface area contributed by atoms with Gasteiger partial charge in [0.1, 0.15) is 5.69 Å². The summed E-state index contributed by atoms with van der Waals surface area (Å²) in [6, 6.07) is 1.77. The van der Waals surface area contributed by atoms with E-state index in [0.29, 0.717) is 5.69 Å². The first-order valence-corrected chi connectivity index (χ1v) is 5.04. The molecule has 0 spiro atoms. The van der Waals surface area contributed by atoms with Crippen LogP contribution in [-0.4, -0.2) is 9.78 Å². The fraction of sp³-hybridized carbons (Fsp3) is 0.182. The highest BCUT2D eigenvalue weighted by Gasteiger charge is 2.18. The van der Waals surface area contributed by atoms with Gasteiger partial charge >= 0.3 is 0 Å². The van der Waals surface area contributed by atoms with Crippen molar-refractivity contribution in [2.75, 3.05) is 5.32 Å². The van der Waals surface area contributed by atoms with Crippen molar-refractivity contribution in [2.24, 2.45) is 7.05 Å². The van der Waals surface area contributed by atoms with Gasteiger partial charge in [0.05, 0.1) is 12.2 Å². The summed E-state index contributed by atoms with van der Waals surface area (Å²) < 4.78 is 53.9. The predicted octanol–water partition coefficient (Wildman–Crippen LogP) is 2.59. The normalized spacial score (nSPS) is 10.7. The van der Waals surface area contributed by atoms with Crippen LogP contribution in [0, 0.1) is 23.3 Å². The van der Waals surface area contributed by atoms with Crippen LogP contribution in [0.15, 0.2) is 18.3 Å². The topological polar surface area (TPSA) is 29.9 Å². The van der Waals surface area contributed by atoms with Crippen molar-refractivity contribution in [3.63, 3.8) is 0 Å². The lowest BCUT2D eigenvalue weighted by Gasteiger charge is -2.08. The third kappa shape index (κ3) is 2.29. The van der Waals surface area contributed by atoms with E-state index < -0.39 is 29.0 Å². The smallest absolute Gasteiger partial charge is 0.185 e. The van der Waals surface area contributed by atoms with Crippen molar-refractivity contribution in [3.8, 4) is 0 Å². The van der Waals surface area contributed by atoms with Gasteiger partial charge in [0.15, 0.2) is 23.3 Å². The molecule has 0 aliphatic carbocycles. The quantitative estimate of drug-likeness (QED) is 0.678. The number of anilines is 1. The minimum Gasteiger partial charge on any atom is -0.374 e. The Morgan fingerprint density at radius 3 is 2.28 bits per heavy atom. The molecule has 1 heterocycles. The van der Waals surface area contributed by atoms with Gasteiger partial charge in [-0.3, -0.25) is 4.68 Å². The monoisotopic (exact) mass is 259 g/mol. The first kappa shape index (κ1) is 12.4. The van der Waals surface area contributed by atoms with Crippen molar-refractivity contribution in [1.82, 2.24) is 9.78 Å². The molecule has 0 atom stereocenters. The van der Waals surface area contributed by atoms with Crippen LogP contribution in [0.25, 0.3) is 0 Å². The zero-order valence-electron chi connectivity index (χ0n) is 9.35. The molecule has 0 aliphatic heterocycles. The molecule has 0 amide bonds. The maximum Gasteiger partial charge on any atom is 0.185 e. The number of rotatable bonds is 3. The minimum absolute atomic E-state index is 0.0441. The molecule has 0 fully saturated rings. The molecule has 2 rings (SSSR count). The number of nitrogens with one attached hydrogen (secondary N) is 1. The van der Waals surface area contributed by atoms with Crippen molar-refractivity contribution in [2.45, 2.75) is 6.54 Å². The average Bonchev–Trinajstić information content (AvgIpc) is 2.73. The molecule has 1 N–H and O–H groups in total. The van der Waals surface area contributed by atoms with E-state index in [4.69, 9.17) is 0 Å². The first-order chi connectivity index (χ1) is 8.49. The molecule has 0 aliphatic rings. The molecule has 7 heteroatoms. The molecular formula is C11H9F4N3. The van der Waals surface area contributed by atoms with Crippen LogP contribution in [0.2, 0.25) is 0 Å². The molecule has 1 aromatic carbocycles. The van der Waals surface area contributed by atoms with E-state index in [-0.39, 0.29) is 12.6 Å². The molecule has 0 saturated heterocycles. The van der Waals surface area contributed by atoms with E-state index in [1.54, 1.807) is 19.3 Å². The zero-order valence-corrected chi connectivity index (χ0v) is 9.35. The van der Waals surface area contributed by atoms with E-state index >= 15 is 0 Å². The maximum atomic E-state index is 13.3. The van der Waals surface area contributed by atoms with Gasteiger partial charge in [-0.15, -0.1) is 0 Å². The van der Waals surface area contributed by atoms with Gasteiger partial charge in [-0.05, 0) is 6.07 Å². The Kier molecular flexibility index (Phi) is 3.22. The highest BCUT2D eigenvalue weighted by atomic mass is 19.2. The summed E-state index contributed by atoms with van der Waals surface area (Å²) in [6.07, 6.45) is 1.63. The van der Waals surface area contributed by atoms with Crippen molar-refractivity contribution in [1.29, 1.82) is 0 Å². The fourth-order valence-corrected chi connectivity index (χ4v) is 1.46. The Bertz CT molecular complexity index is 554. The molecule has 3 nitrogen and oxygen atoms in total. The zero-order chi connectivity index (χ0) is 13.3. The van der Waals surface area contributed by atoms with Gasteiger partial charge in [-0.2, -0.15) is 5.10 Å².